The van der Waals surface area contributed by atoms with Gasteiger partial charge in [-0.15, -0.1) is 0 Å². The van der Waals surface area contributed by atoms with E-state index in [1.54, 1.807) is 12.1 Å². The predicted molar refractivity (Wildman–Crippen MR) is 94.7 cm³/mol. The number of halogens is 1. The highest BCUT2D eigenvalue weighted by molar-refractivity contribution is 6.32. The van der Waals surface area contributed by atoms with Gasteiger partial charge in [0.1, 0.15) is 11.5 Å². The number of nitrogens with one attached hydrogen (secondary N) is 1. The number of carbonyl (C=O) groups is 3. The summed E-state index contributed by atoms with van der Waals surface area (Å²) in [6.45, 7) is -0.0558. The van der Waals surface area contributed by atoms with Crippen LogP contribution in [-0.4, -0.2) is 36.7 Å². The van der Waals surface area contributed by atoms with Crippen LogP contribution >= 0.6 is 11.6 Å². The maximum atomic E-state index is 12.6. The summed E-state index contributed by atoms with van der Waals surface area (Å²) in [4.78, 5) is 37.2. The fourth-order valence-corrected chi connectivity index (χ4v) is 2.95. The van der Waals surface area contributed by atoms with Gasteiger partial charge in [0.25, 0.3) is 5.91 Å². The molecule has 9 nitrogen and oxygen atoms in total. The molecule has 28 heavy (non-hydrogen) atoms. The van der Waals surface area contributed by atoms with Crippen molar-refractivity contribution >= 4 is 35.6 Å². The third-order valence-electron chi connectivity index (χ3n) is 4.12. The van der Waals surface area contributed by atoms with Gasteiger partial charge in [-0.05, 0) is 29.8 Å². The number of amides is 3. The van der Waals surface area contributed by atoms with Crippen molar-refractivity contribution in [1.82, 2.24) is 10.2 Å². The second-order valence-corrected chi connectivity index (χ2v) is 6.27. The molecule has 2 aliphatic rings. The fraction of sp³-hybridized carbons (Fsp3) is 0.167. The van der Waals surface area contributed by atoms with Gasteiger partial charge >= 0.3 is 12.0 Å². The van der Waals surface area contributed by atoms with Crippen molar-refractivity contribution in [1.29, 1.82) is 0 Å². The van der Waals surface area contributed by atoms with E-state index in [0.717, 1.165) is 4.90 Å². The Morgan fingerprint density at radius 2 is 2.04 bits per heavy atom. The highest BCUT2D eigenvalue weighted by Crippen LogP contribution is 2.37. The van der Waals surface area contributed by atoms with Crippen LogP contribution in [-0.2, 0) is 16.1 Å². The average molecular weight is 405 g/mol. The Hall–Kier alpha value is -3.46. The zero-order valence-corrected chi connectivity index (χ0v) is 15.2. The Morgan fingerprint density at radius 3 is 2.79 bits per heavy atom. The summed E-state index contributed by atoms with van der Waals surface area (Å²) in [7, 11) is 1.22. The Bertz CT molecular complexity index is 1030. The molecule has 3 heterocycles. The summed E-state index contributed by atoms with van der Waals surface area (Å²) >= 11 is 6.21. The molecule has 4 rings (SSSR count). The maximum absolute atomic E-state index is 12.6. The molecule has 1 saturated heterocycles. The minimum absolute atomic E-state index is 0.0209. The molecule has 1 aromatic heterocycles. The monoisotopic (exact) mass is 404 g/mol. The molecule has 2 aliphatic heterocycles. The Kier molecular flexibility index (Phi) is 4.44. The van der Waals surface area contributed by atoms with Crippen molar-refractivity contribution in [2.24, 2.45) is 0 Å². The molecule has 2 aromatic rings. The van der Waals surface area contributed by atoms with E-state index < -0.39 is 17.9 Å². The molecule has 0 aliphatic carbocycles. The Labute approximate surface area is 163 Å². The Balaban J connectivity index is 1.55. The van der Waals surface area contributed by atoms with Crippen LogP contribution in [0, 0.1) is 0 Å². The first kappa shape index (κ1) is 17.9. The van der Waals surface area contributed by atoms with E-state index in [2.05, 4.69) is 10.1 Å². The highest BCUT2D eigenvalue weighted by Gasteiger charge is 2.34. The lowest BCUT2D eigenvalue weighted by molar-refractivity contribution is -0.123. The third-order valence-corrected chi connectivity index (χ3v) is 4.44. The topological polar surface area (TPSA) is 107 Å². The third kappa shape index (κ3) is 3.16. The number of fused-ring (bicyclic) bond motifs is 1. The summed E-state index contributed by atoms with van der Waals surface area (Å²) in [6, 6.07) is 5.47. The van der Waals surface area contributed by atoms with Gasteiger partial charge in [-0.2, -0.15) is 0 Å². The van der Waals surface area contributed by atoms with Crippen LogP contribution in [0.3, 0.4) is 0 Å². The largest absolute Gasteiger partial charge is 0.463 e. The number of carbonyl (C=O) groups excluding carboxylic acids is 3. The van der Waals surface area contributed by atoms with Crippen molar-refractivity contribution < 1.29 is 33.0 Å². The molecule has 1 fully saturated rings. The lowest BCUT2D eigenvalue weighted by atomic mass is 10.1. The number of nitrogens with zero attached hydrogens (tertiary/aromatic N) is 1. The van der Waals surface area contributed by atoms with Gasteiger partial charge in [-0.25, -0.2) is 9.59 Å². The number of hydrogen-bond donors (Lipinski definition) is 1. The number of urea groups is 1. The molecule has 10 heteroatoms. The van der Waals surface area contributed by atoms with Crippen LogP contribution in [0.4, 0.5) is 4.79 Å². The van der Waals surface area contributed by atoms with Gasteiger partial charge in [-0.1, -0.05) is 11.6 Å². The van der Waals surface area contributed by atoms with Crippen LogP contribution in [0.5, 0.6) is 11.5 Å². The molecule has 0 bridgehead atoms. The molecule has 0 atom stereocenters. The van der Waals surface area contributed by atoms with Gasteiger partial charge < -0.3 is 23.9 Å². The molecule has 0 unspecified atom stereocenters. The van der Waals surface area contributed by atoms with E-state index >= 15 is 0 Å². The number of rotatable bonds is 4. The standard InChI is InChI=1S/C18H13ClN2O7/c1-25-17(23)13-3-2-10(28-13)7-21-16(22)12(20-18(21)24)4-9-5-14-15(6-11(9)19)27-8-26-14/h2-6H,7-8H2,1H3,(H,20,24). The number of benzene rings is 1. The van der Waals surface area contributed by atoms with Crippen LogP contribution in [0.1, 0.15) is 21.9 Å². The summed E-state index contributed by atoms with van der Waals surface area (Å²) < 4.78 is 20.4. The highest BCUT2D eigenvalue weighted by atomic mass is 35.5. The predicted octanol–water partition coefficient (Wildman–Crippen LogP) is 2.54. The SMILES string of the molecule is COC(=O)c1ccc(CN2C(=O)NC(=Cc3cc4c(cc3Cl)OCO4)C2=O)o1. The number of esters is 1. The van der Waals surface area contributed by atoms with Crippen molar-refractivity contribution in [2.45, 2.75) is 6.54 Å². The van der Waals surface area contributed by atoms with E-state index in [9.17, 15) is 14.4 Å². The molecule has 0 spiro atoms. The molecule has 1 N–H and O–H groups in total. The number of hydrogen-bond acceptors (Lipinski definition) is 7. The summed E-state index contributed by atoms with van der Waals surface area (Å²) in [5.74, 6) is 0.0283. The van der Waals surface area contributed by atoms with Gasteiger partial charge in [0, 0.05) is 6.07 Å². The Morgan fingerprint density at radius 1 is 1.29 bits per heavy atom. The van der Waals surface area contributed by atoms with E-state index in [1.165, 1.54) is 25.3 Å². The van der Waals surface area contributed by atoms with Crippen molar-refractivity contribution in [3.8, 4) is 11.5 Å². The lowest BCUT2D eigenvalue weighted by Gasteiger charge is -2.09. The minimum atomic E-state index is -0.651. The number of furan rings is 1. The molecule has 0 radical (unpaired) electrons. The first-order valence-corrected chi connectivity index (χ1v) is 8.45. The van der Waals surface area contributed by atoms with Crippen molar-refractivity contribution in [3.63, 3.8) is 0 Å². The average Bonchev–Trinajstić information content (AvgIpc) is 3.38. The quantitative estimate of drug-likeness (QED) is 0.474. The van der Waals surface area contributed by atoms with Crippen molar-refractivity contribution in [2.75, 3.05) is 13.9 Å². The second-order valence-electron chi connectivity index (χ2n) is 5.86. The van der Waals surface area contributed by atoms with Crippen LogP contribution in [0.2, 0.25) is 5.02 Å². The van der Waals surface area contributed by atoms with Gasteiger partial charge in [0.05, 0.1) is 18.7 Å². The molecule has 1 aromatic carbocycles. The number of ether oxygens (including phenoxy) is 3. The van der Waals surface area contributed by atoms with Crippen molar-refractivity contribution in [3.05, 3.63) is 52.1 Å². The van der Waals surface area contributed by atoms with E-state index in [1.807, 2.05) is 0 Å². The van der Waals surface area contributed by atoms with E-state index in [4.69, 9.17) is 25.5 Å². The van der Waals surface area contributed by atoms with E-state index in [-0.39, 0.29) is 30.6 Å². The van der Waals surface area contributed by atoms with Crippen LogP contribution in [0.25, 0.3) is 6.08 Å². The normalized spacial score (nSPS) is 16.6. The van der Waals surface area contributed by atoms with Crippen LogP contribution in [0.15, 0.2) is 34.4 Å². The molecule has 0 saturated carbocycles. The zero-order valence-electron chi connectivity index (χ0n) is 14.5. The fourth-order valence-electron chi connectivity index (χ4n) is 2.74. The minimum Gasteiger partial charge on any atom is -0.463 e. The summed E-state index contributed by atoms with van der Waals surface area (Å²) in [6.07, 6.45) is 1.45. The van der Waals surface area contributed by atoms with Gasteiger partial charge in [-0.3, -0.25) is 9.69 Å². The van der Waals surface area contributed by atoms with E-state index in [0.29, 0.717) is 22.1 Å². The molecule has 3 amide bonds. The van der Waals surface area contributed by atoms with Crippen LogP contribution < -0.4 is 14.8 Å². The lowest BCUT2D eigenvalue weighted by Crippen LogP contribution is -2.30. The van der Waals surface area contributed by atoms with Gasteiger partial charge in [0.2, 0.25) is 12.6 Å². The molecule has 144 valence electrons. The molecular weight excluding hydrogens is 392 g/mol. The summed E-state index contributed by atoms with van der Waals surface area (Å²) in [5, 5.41) is 2.83. The smallest absolute Gasteiger partial charge is 0.373 e. The number of imide groups is 1. The molecular formula is C18H13ClN2O7. The zero-order chi connectivity index (χ0) is 19.8. The van der Waals surface area contributed by atoms with Gasteiger partial charge in [0.15, 0.2) is 11.5 Å². The first-order chi connectivity index (χ1) is 13.5. The number of methoxy groups -OCH3 is 1. The summed E-state index contributed by atoms with van der Waals surface area (Å²) in [5.41, 5.74) is 0.535. The first-order valence-electron chi connectivity index (χ1n) is 8.07. The maximum Gasteiger partial charge on any atom is 0.373 e. The second kappa shape index (κ2) is 6.93.